The Morgan fingerprint density at radius 2 is 1.81 bits per heavy atom. The number of amides is 2. The van der Waals surface area contributed by atoms with Crippen molar-refractivity contribution in [3.63, 3.8) is 0 Å². The van der Waals surface area contributed by atoms with Gasteiger partial charge in [0.1, 0.15) is 0 Å². The number of hydrogen-bond donors (Lipinski definition) is 2. The summed E-state index contributed by atoms with van der Waals surface area (Å²) < 4.78 is 24.5. The molecule has 1 saturated heterocycles. The zero-order valence-corrected chi connectivity index (χ0v) is 20.1. The number of benzene rings is 1. The van der Waals surface area contributed by atoms with Crippen molar-refractivity contribution < 1.29 is 18.0 Å². The molecule has 1 aromatic rings. The molecule has 2 fully saturated rings. The van der Waals surface area contributed by atoms with Crippen LogP contribution in [0.5, 0.6) is 0 Å². The largest absolute Gasteiger partial charge is 0.353 e. The number of nitrogens with one attached hydrogen (secondary N) is 2. The van der Waals surface area contributed by atoms with Crippen molar-refractivity contribution in [2.45, 2.75) is 89.0 Å². The first kappa shape index (κ1) is 23.8. The van der Waals surface area contributed by atoms with Crippen molar-refractivity contribution in [3.05, 3.63) is 29.8 Å². The molecule has 3 rings (SSSR count). The number of carbonyl (C=O) groups is 2. The highest BCUT2D eigenvalue weighted by Crippen LogP contribution is 2.44. The van der Waals surface area contributed by atoms with Gasteiger partial charge < -0.3 is 10.6 Å². The van der Waals surface area contributed by atoms with E-state index < -0.39 is 15.1 Å². The van der Waals surface area contributed by atoms with E-state index >= 15 is 0 Å². The Morgan fingerprint density at radius 1 is 1.16 bits per heavy atom. The molecule has 2 aliphatic rings. The summed E-state index contributed by atoms with van der Waals surface area (Å²) in [4.78, 5) is 25.1. The lowest BCUT2D eigenvalue weighted by molar-refractivity contribution is -0.130. The maximum Gasteiger partial charge on any atom is 0.224 e. The van der Waals surface area contributed by atoms with E-state index in [-0.39, 0.29) is 40.6 Å². The summed E-state index contributed by atoms with van der Waals surface area (Å²) in [6, 6.07) is 6.74. The van der Waals surface area contributed by atoms with Crippen LogP contribution in [0.25, 0.3) is 0 Å². The lowest BCUT2D eigenvalue weighted by atomic mass is 9.62. The number of rotatable bonds is 5. The lowest BCUT2D eigenvalue weighted by Gasteiger charge is -2.48. The van der Waals surface area contributed by atoms with Gasteiger partial charge in [-0.15, -0.1) is 0 Å². The minimum atomic E-state index is -3.31. The third kappa shape index (κ3) is 5.48. The second kappa shape index (κ2) is 8.93. The van der Waals surface area contributed by atoms with Gasteiger partial charge in [-0.2, -0.15) is 0 Å². The number of carbonyl (C=O) groups excluding carboxylic acids is 2. The zero-order chi connectivity index (χ0) is 23.0. The maximum absolute atomic E-state index is 12.6. The van der Waals surface area contributed by atoms with Crippen molar-refractivity contribution in [3.8, 4) is 0 Å². The van der Waals surface area contributed by atoms with Crippen LogP contribution in [0.3, 0.4) is 0 Å². The Bertz CT molecular complexity index is 916. The van der Waals surface area contributed by atoms with Crippen molar-refractivity contribution in [1.82, 2.24) is 10.6 Å². The van der Waals surface area contributed by atoms with Gasteiger partial charge in [0.2, 0.25) is 11.8 Å². The van der Waals surface area contributed by atoms with E-state index in [1.54, 1.807) is 38.1 Å². The van der Waals surface area contributed by atoms with E-state index in [2.05, 4.69) is 31.4 Å². The van der Waals surface area contributed by atoms with E-state index in [4.69, 9.17) is 0 Å². The molecule has 1 aliphatic carbocycles. The highest BCUT2D eigenvalue weighted by Gasteiger charge is 2.45. The Balaban J connectivity index is 1.58. The molecule has 31 heavy (non-hydrogen) atoms. The molecule has 0 aromatic heterocycles. The average molecular weight is 449 g/mol. The molecule has 0 bridgehead atoms. The first-order chi connectivity index (χ1) is 14.4. The van der Waals surface area contributed by atoms with Crippen molar-refractivity contribution >= 4 is 21.7 Å². The van der Waals surface area contributed by atoms with E-state index in [1.165, 1.54) is 0 Å². The molecule has 1 heterocycles. The minimum Gasteiger partial charge on any atom is -0.353 e. The minimum absolute atomic E-state index is 0.0494. The molecular formula is C24H36N2O4S. The second-order valence-electron chi connectivity index (χ2n) is 10.5. The Hall–Kier alpha value is -1.89. The van der Waals surface area contributed by atoms with Crippen LogP contribution < -0.4 is 10.6 Å². The maximum atomic E-state index is 12.6. The van der Waals surface area contributed by atoms with Gasteiger partial charge in [0.05, 0.1) is 16.6 Å². The Kier molecular flexibility index (Phi) is 6.84. The molecule has 2 N–H and O–H groups in total. The third-order valence-corrected chi connectivity index (χ3v) is 9.06. The van der Waals surface area contributed by atoms with Crippen LogP contribution in [-0.4, -0.2) is 37.6 Å². The van der Waals surface area contributed by atoms with Crippen molar-refractivity contribution in [1.29, 1.82) is 0 Å². The van der Waals surface area contributed by atoms with Gasteiger partial charge in [0.15, 0.2) is 9.84 Å². The fraction of sp³-hybridized carbons (Fsp3) is 0.667. The number of hydrogen-bond acceptors (Lipinski definition) is 4. The van der Waals surface area contributed by atoms with Crippen molar-refractivity contribution in [2.24, 2.45) is 17.3 Å². The molecular weight excluding hydrogens is 412 g/mol. The molecule has 4 unspecified atom stereocenters. The molecule has 1 aromatic carbocycles. The monoisotopic (exact) mass is 448 g/mol. The van der Waals surface area contributed by atoms with Gasteiger partial charge in [-0.25, -0.2) is 8.42 Å². The van der Waals surface area contributed by atoms with E-state index in [1.807, 2.05) is 0 Å². The fourth-order valence-corrected chi connectivity index (χ4v) is 6.13. The predicted octanol–water partition coefficient (Wildman–Crippen LogP) is 3.25. The van der Waals surface area contributed by atoms with Crippen LogP contribution in [0.2, 0.25) is 0 Å². The van der Waals surface area contributed by atoms with Crippen LogP contribution in [-0.2, 0) is 25.8 Å². The van der Waals surface area contributed by atoms with Crippen LogP contribution in [0, 0.1) is 17.3 Å². The molecule has 1 saturated carbocycles. The van der Waals surface area contributed by atoms with Gasteiger partial charge >= 0.3 is 0 Å². The van der Waals surface area contributed by atoms with E-state index in [0.29, 0.717) is 18.3 Å². The summed E-state index contributed by atoms with van der Waals surface area (Å²) in [5, 5.41) is 5.80. The molecule has 6 nitrogen and oxygen atoms in total. The molecule has 0 spiro atoms. The molecule has 1 aliphatic heterocycles. The molecule has 4 atom stereocenters. The van der Waals surface area contributed by atoms with Gasteiger partial charge in [-0.05, 0) is 68.1 Å². The quantitative estimate of drug-likeness (QED) is 0.723. The number of piperidine rings is 1. The summed E-state index contributed by atoms with van der Waals surface area (Å²) in [5.74, 6) is 0.867. The SMILES string of the molecule is CC(C)S(=O)(=O)c1ccc(CC(=O)NC2CCC3C(C2)NC(=O)CC3C(C)(C)C)cc1. The summed E-state index contributed by atoms with van der Waals surface area (Å²) in [6.45, 7) is 9.93. The molecule has 172 valence electrons. The van der Waals surface area contributed by atoms with Gasteiger partial charge in [-0.1, -0.05) is 32.9 Å². The number of sulfone groups is 1. The van der Waals surface area contributed by atoms with E-state index in [9.17, 15) is 18.0 Å². The first-order valence-corrected chi connectivity index (χ1v) is 12.8. The summed E-state index contributed by atoms with van der Waals surface area (Å²) >= 11 is 0. The van der Waals surface area contributed by atoms with Gasteiger partial charge in [0.25, 0.3) is 0 Å². The smallest absolute Gasteiger partial charge is 0.224 e. The second-order valence-corrected chi connectivity index (χ2v) is 13.0. The Labute approximate surface area is 186 Å². The van der Waals surface area contributed by atoms with Crippen LogP contribution in [0.15, 0.2) is 29.2 Å². The van der Waals surface area contributed by atoms with Crippen LogP contribution >= 0.6 is 0 Å². The summed E-state index contributed by atoms with van der Waals surface area (Å²) in [6.07, 6.45) is 3.48. The lowest BCUT2D eigenvalue weighted by Crippen LogP contribution is -2.57. The zero-order valence-electron chi connectivity index (χ0n) is 19.3. The van der Waals surface area contributed by atoms with Gasteiger partial charge in [0, 0.05) is 18.5 Å². The summed E-state index contributed by atoms with van der Waals surface area (Å²) in [5.41, 5.74) is 0.874. The van der Waals surface area contributed by atoms with Crippen LogP contribution in [0.4, 0.5) is 0 Å². The molecule has 2 amide bonds. The standard InChI is InChI=1S/C24H36N2O4S/c1-15(2)31(29,30)18-9-6-16(7-10-18)12-22(27)25-17-8-11-19-20(24(3,4)5)14-23(28)26-21(19)13-17/h6-7,9-10,15,17,19-21H,8,11-14H2,1-5H3,(H,25,27)(H,26,28). The summed E-state index contributed by atoms with van der Waals surface area (Å²) in [7, 11) is -3.31. The average Bonchev–Trinajstić information content (AvgIpc) is 2.66. The molecule has 7 heteroatoms. The predicted molar refractivity (Wildman–Crippen MR) is 121 cm³/mol. The Morgan fingerprint density at radius 3 is 2.39 bits per heavy atom. The number of fused-ring (bicyclic) bond motifs is 1. The van der Waals surface area contributed by atoms with Gasteiger partial charge in [-0.3, -0.25) is 9.59 Å². The fourth-order valence-electron chi connectivity index (χ4n) is 5.07. The van der Waals surface area contributed by atoms with Crippen LogP contribution in [0.1, 0.15) is 65.9 Å². The first-order valence-electron chi connectivity index (χ1n) is 11.3. The molecule has 0 radical (unpaired) electrons. The third-order valence-electron chi connectivity index (χ3n) is 6.89. The highest BCUT2D eigenvalue weighted by atomic mass is 32.2. The normalized spacial score (nSPS) is 26.8. The highest BCUT2D eigenvalue weighted by molar-refractivity contribution is 7.92. The van der Waals surface area contributed by atoms with E-state index in [0.717, 1.165) is 24.8 Å². The van der Waals surface area contributed by atoms with Crippen molar-refractivity contribution in [2.75, 3.05) is 0 Å². The topological polar surface area (TPSA) is 92.3 Å².